The van der Waals surface area contributed by atoms with Crippen LogP contribution in [-0.2, 0) is 0 Å². The highest BCUT2D eigenvalue weighted by molar-refractivity contribution is 5.54. The highest BCUT2D eigenvalue weighted by atomic mass is 19.4. The Morgan fingerprint density at radius 1 is 0.867 bits per heavy atom. The number of nitrogens with one attached hydrogen (secondary N) is 1. The van der Waals surface area contributed by atoms with E-state index >= 15 is 0 Å². The smallest absolute Gasteiger partial charge is 0.496 e. The molecule has 1 saturated heterocycles. The lowest BCUT2D eigenvalue weighted by atomic mass is 9.95. The summed E-state index contributed by atoms with van der Waals surface area (Å²) < 4.78 is 58.1. The molecule has 9 heteroatoms. The van der Waals surface area contributed by atoms with Crippen LogP contribution < -0.4 is 24.3 Å². The molecule has 1 aliphatic rings. The van der Waals surface area contributed by atoms with Gasteiger partial charge in [-0.3, -0.25) is 4.90 Å². The number of halogens is 3. The van der Waals surface area contributed by atoms with E-state index in [1.54, 1.807) is 39.5 Å². The first-order valence-corrected chi connectivity index (χ1v) is 9.46. The molecule has 0 aliphatic carbocycles. The van der Waals surface area contributed by atoms with Crippen LogP contribution in [0.15, 0.2) is 36.4 Å². The normalized spacial score (nSPS) is 16.1. The molecule has 1 aliphatic heterocycles. The van der Waals surface area contributed by atoms with Gasteiger partial charge in [-0.2, -0.15) is 0 Å². The van der Waals surface area contributed by atoms with Crippen molar-refractivity contribution >= 4 is 0 Å². The molecule has 1 fully saturated rings. The molecule has 0 aromatic heterocycles. The first-order chi connectivity index (χ1) is 14.4. The van der Waals surface area contributed by atoms with Gasteiger partial charge in [0.2, 0.25) is 0 Å². The average Bonchev–Trinajstić information content (AvgIpc) is 2.74. The SMILES string of the molecule is COc1cc(OC)c([C@@H](c2ccc(OC(F)(F)F)cc2)N2CCNCC2)cc1OC. The van der Waals surface area contributed by atoms with E-state index in [0.29, 0.717) is 17.2 Å². The topological polar surface area (TPSA) is 52.2 Å². The third-order valence-electron chi connectivity index (χ3n) is 4.98. The quantitative estimate of drug-likeness (QED) is 0.730. The van der Waals surface area contributed by atoms with E-state index in [4.69, 9.17) is 14.2 Å². The highest BCUT2D eigenvalue weighted by Crippen LogP contribution is 2.42. The molecule has 2 aromatic rings. The summed E-state index contributed by atoms with van der Waals surface area (Å²) >= 11 is 0. The molecule has 0 unspecified atom stereocenters. The van der Waals surface area contributed by atoms with E-state index < -0.39 is 6.36 Å². The average molecular weight is 426 g/mol. The van der Waals surface area contributed by atoms with E-state index in [9.17, 15) is 13.2 Å². The van der Waals surface area contributed by atoms with Crippen LogP contribution in [0.4, 0.5) is 13.2 Å². The second kappa shape index (κ2) is 9.44. The molecule has 164 valence electrons. The van der Waals surface area contributed by atoms with Gasteiger partial charge in [0, 0.05) is 37.8 Å². The maximum absolute atomic E-state index is 12.5. The van der Waals surface area contributed by atoms with Crippen molar-refractivity contribution in [3.8, 4) is 23.0 Å². The van der Waals surface area contributed by atoms with Gasteiger partial charge in [0.05, 0.1) is 27.4 Å². The minimum absolute atomic E-state index is 0.248. The molecule has 0 spiro atoms. The molecule has 0 saturated carbocycles. The monoisotopic (exact) mass is 426 g/mol. The van der Waals surface area contributed by atoms with E-state index in [1.165, 1.54) is 12.1 Å². The number of piperazine rings is 1. The van der Waals surface area contributed by atoms with E-state index in [0.717, 1.165) is 37.3 Å². The highest BCUT2D eigenvalue weighted by Gasteiger charge is 2.32. The molecular formula is C21H25F3N2O4. The number of nitrogens with zero attached hydrogens (tertiary/aromatic N) is 1. The van der Waals surface area contributed by atoms with Gasteiger partial charge in [-0.25, -0.2) is 0 Å². The Labute approximate surface area is 173 Å². The zero-order valence-electron chi connectivity index (χ0n) is 17.1. The summed E-state index contributed by atoms with van der Waals surface area (Å²) in [6.07, 6.45) is -4.73. The third-order valence-corrected chi connectivity index (χ3v) is 4.98. The van der Waals surface area contributed by atoms with Crippen molar-refractivity contribution in [3.05, 3.63) is 47.5 Å². The molecule has 1 atom stereocenters. The number of benzene rings is 2. The van der Waals surface area contributed by atoms with Crippen molar-refractivity contribution in [2.75, 3.05) is 47.5 Å². The van der Waals surface area contributed by atoms with Gasteiger partial charge in [0.15, 0.2) is 11.5 Å². The molecule has 3 rings (SSSR count). The maximum Gasteiger partial charge on any atom is 0.573 e. The predicted molar refractivity (Wildman–Crippen MR) is 106 cm³/mol. The fraction of sp³-hybridized carbons (Fsp3) is 0.429. The Balaban J connectivity index is 2.05. The van der Waals surface area contributed by atoms with Crippen molar-refractivity contribution in [2.45, 2.75) is 12.4 Å². The third kappa shape index (κ3) is 5.09. The fourth-order valence-corrected chi connectivity index (χ4v) is 3.65. The van der Waals surface area contributed by atoms with Gasteiger partial charge in [-0.1, -0.05) is 12.1 Å². The Morgan fingerprint density at radius 2 is 1.43 bits per heavy atom. The Morgan fingerprint density at radius 3 is 1.97 bits per heavy atom. The summed E-state index contributed by atoms with van der Waals surface area (Å²) in [7, 11) is 4.67. The maximum atomic E-state index is 12.5. The zero-order valence-corrected chi connectivity index (χ0v) is 17.1. The van der Waals surface area contributed by atoms with Gasteiger partial charge in [0.25, 0.3) is 0 Å². The summed E-state index contributed by atoms with van der Waals surface area (Å²) in [6.45, 7) is 3.15. The lowest BCUT2D eigenvalue weighted by Crippen LogP contribution is -2.45. The summed E-state index contributed by atoms with van der Waals surface area (Å²) in [5.41, 5.74) is 1.65. The molecule has 0 radical (unpaired) electrons. The van der Waals surface area contributed by atoms with Crippen LogP contribution in [0, 0.1) is 0 Å². The van der Waals surface area contributed by atoms with Crippen molar-refractivity contribution in [3.63, 3.8) is 0 Å². The van der Waals surface area contributed by atoms with Crippen LogP contribution in [0.5, 0.6) is 23.0 Å². The lowest BCUT2D eigenvalue weighted by Gasteiger charge is -2.36. The minimum Gasteiger partial charge on any atom is -0.496 e. The van der Waals surface area contributed by atoms with Gasteiger partial charge >= 0.3 is 6.36 Å². The largest absolute Gasteiger partial charge is 0.573 e. The number of rotatable bonds is 7. The van der Waals surface area contributed by atoms with Gasteiger partial charge in [-0.05, 0) is 23.8 Å². The fourth-order valence-electron chi connectivity index (χ4n) is 3.65. The second-order valence-corrected chi connectivity index (χ2v) is 6.75. The van der Waals surface area contributed by atoms with Gasteiger partial charge in [0.1, 0.15) is 11.5 Å². The standard InChI is InChI=1S/C21H25F3N2O4/c1-27-17-13-19(29-3)18(28-2)12-16(17)20(26-10-8-25-9-11-26)14-4-6-15(7-5-14)30-21(22,23)24/h4-7,12-13,20,25H,8-11H2,1-3H3/t20-/m1/s1. The van der Waals surface area contributed by atoms with Crippen LogP contribution in [0.1, 0.15) is 17.2 Å². The van der Waals surface area contributed by atoms with Gasteiger partial charge in [-0.15, -0.1) is 13.2 Å². The molecule has 0 bridgehead atoms. The molecule has 2 aromatic carbocycles. The second-order valence-electron chi connectivity index (χ2n) is 6.75. The Kier molecular flexibility index (Phi) is 6.94. The van der Waals surface area contributed by atoms with Crippen LogP contribution in [0.3, 0.4) is 0 Å². The number of alkyl halides is 3. The molecule has 1 N–H and O–H groups in total. The van der Waals surface area contributed by atoms with Crippen molar-refractivity contribution in [1.82, 2.24) is 10.2 Å². The number of methoxy groups -OCH3 is 3. The minimum atomic E-state index is -4.73. The van der Waals surface area contributed by atoms with E-state index in [2.05, 4.69) is 15.0 Å². The van der Waals surface area contributed by atoms with Gasteiger partial charge < -0.3 is 24.3 Å². The zero-order chi connectivity index (χ0) is 21.7. The van der Waals surface area contributed by atoms with Crippen molar-refractivity contribution in [2.24, 2.45) is 0 Å². The van der Waals surface area contributed by atoms with Crippen LogP contribution in [0.25, 0.3) is 0 Å². The summed E-state index contributed by atoms with van der Waals surface area (Å²) in [6, 6.07) is 9.29. The van der Waals surface area contributed by atoms with Crippen molar-refractivity contribution < 1.29 is 32.1 Å². The summed E-state index contributed by atoms with van der Waals surface area (Å²) in [5, 5.41) is 3.31. The molecular weight excluding hydrogens is 401 g/mol. The Hall–Kier alpha value is -2.65. The number of hydrogen-bond acceptors (Lipinski definition) is 6. The Bertz CT molecular complexity index is 837. The summed E-state index contributed by atoms with van der Waals surface area (Å²) in [4.78, 5) is 2.25. The van der Waals surface area contributed by atoms with Crippen LogP contribution in [0.2, 0.25) is 0 Å². The molecule has 0 amide bonds. The van der Waals surface area contributed by atoms with Crippen molar-refractivity contribution in [1.29, 1.82) is 0 Å². The molecule has 1 heterocycles. The lowest BCUT2D eigenvalue weighted by molar-refractivity contribution is -0.274. The first kappa shape index (κ1) is 22.0. The van der Waals surface area contributed by atoms with E-state index in [1.807, 2.05) is 6.07 Å². The van der Waals surface area contributed by atoms with Crippen LogP contribution in [-0.4, -0.2) is 58.8 Å². The molecule has 6 nitrogen and oxygen atoms in total. The first-order valence-electron chi connectivity index (χ1n) is 9.46. The molecule has 30 heavy (non-hydrogen) atoms. The van der Waals surface area contributed by atoms with Crippen LogP contribution >= 0.6 is 0 Å². The number of ether oxygens (including phenoxy) is 4. The number of hydrogen-bond donors (Lipinski definition) is 1. The summed E-state index contributed by atoms with van der Waals surface area (Å²) in [5.74, 6) is 1.42. The van der Waals surface area contributed by atoms with E-state index in [-0.39, 0.29) is 11.8 Å². The predicted octanol–water partition coefficient (Wildman–Crippen LogP) is 3.61.